The number of allylic oxidation sites excluding steroid dienone is 4. The van der Waals surface area contributed by atoms with Crippen molar-refractivity contribution < 1.29 is 0 Å². The van der Waals surface area contributed by atoms with Crippen molar-refractivity contribution in [3.05, 3.63) is 125 Å². The molecule has 6 rings (SSSR count). The number of fused-ring (bicyclic) bond motifs is 10. The van der Waals surface area contributed by atoms with E-state index in [9.17, 15) is 0 Å². The van der Waals surface area contributed by atoms with Crippen molar-refractivity contribution in [2.24, 2.45) is 0 Å². The van der Waals surface area contributed by atoms with E-state index in [-0.39, 0.29) is 5.41 Å². The van der Waals surface area contributed by atoms with Gasteiger partial charge in [0, 0.05) is 12.4 Å². The second-order valence-electron chi connectivity index (χ2n) is 7.05. The summed E-state index contributed by atoms with van der Waals surface area (Å²) in [5.41, 5.74) is 10.6. The molecule has 3 aliphatic rings. The molecular formula is C25H17N. The van der Waals surface area contributed by atoms with E-state index in [0.717, 1.165) is 0 Å². The van der Waals surface area contributed by atoms with Gasteiger partial charge in [-0.25, -0.2) is 0 Å². The lowest BCUT2D eigenvalue weighted by Gasteiger charge is -2.30. The minimum atomic E-state index is -0.241. The Morgan fingerprint density at radius 2 is 1.15 bits per heavy atom. The van der Waals surface area contributed by atoms with Gasteiger partial charge in [0.05, 0.1) is 5.41 Å². The van der Waals surface area contributed by atoms with E-state index in [1.54, 1.807) is 0 Å². The molecule has 0 amide bonds. The molecule has 122 valence electrons. The van der Waals surface area contributed by atoms with Crippen molar-refractivity contribution in [3.63, 3.8) is 0 Å². The average Bonchev–Trinajstić information content (AvgIpc) is 3.00. The van der Waals surface area contributed by atoms with Crippen molar-refractivity contribution in [1.82, 2.24) is 5.32 Å². The Balaban J connectivity index is 1.84. The van der Waals surface area contributed by atoms with E-state index >= 15 is 0 Å². The van der Waals surface area contributed by atoms with Gasteiger partial charge in [-0.05, 0) is 50.6 Å². The van der Waals surface area contributed by atoms with Crippen LogP contribution in [0.4, 0.5) is 0 Å². The largest absolute Gasteiger partial charge is 0.367 e. The summed E-state index contributed by atoms with van der Waals surface area (Å²) < 4.78 is 0. The molecule has 1 nitrogen and oxygen atoms in total. The van der Waals surface area contributed by atoms with E-state index in [4.69, 9.17) is 0 Å². The van der Waals surface area contributed by atoms with Gasteiger partial charge in [0.2, 0.25) is 0 Å². The number of benzene rings is 3. The van der Waals surface area contributed by atoms with Crippen LogP contribution in [0.5, 0.6) is 0 Å². The average molecular weight is 331 g/mol. The molecular weight excluding hydrogens is 314 g/mol. The van der Waals surface area contributed by atoms with E-state index in [1.165, 1.54) is 44.5 Å². The summed E-state index contributed by atoms with van der Waals surface area (Å²) in [5, 5.41) is 3.37. The summed E-state index contributed by atoms with van der Waals surface area (Å²) in [6.45, 7) is 0. The molecule has 3 aromatic rings. The molecule has 1 aliphatic heterocycles. The summed E-state index contributed by atoms with van der Waals surface area (Å²) in [7, 11) is 0. The van der Waals surface area contributed by atoms with Gasteiger partial charge in [-0.2, -0.15) is 0 Å². The fourth-order valence-corrected chi connectivity index (χ4v) is 5.05. The third-order valence-corrected chi connectivity index (χ3v) is 5.95. The van der Waals surface area contributed by atoms with Crippen LogP contribution in [0.3, 0.4) is 0 Å². The van der Waals surface area contributed by atoms with Crippen LogP contribution in [0.2, 0.25) is 0 Å². The van der Waals surface area contributed by atoms with Crippen LogP contribution < -0.4 is 5.32 Å². The zero-order valence-electron chi connectivity index (χ0n) is 14.2. The van der Waals surface area contributed by atoms with Crippen molar-refractivity contribution in [1.29, 1.82) is 0 Å². The van der Waals surface area contributed by atoms with Crippen LogP contribution in [-0.4, -0.2) is 0 Å². The maximum absolute atomic E-state index is 3.37. The first-order valence-electron chi connectivity index (χ1n) is 9.05. The highest BCUT2D eigenvalue weighted by molar-refractivity contribution is 6.00. The predicted octanol–water partition coefficient (Wildman–Crippen LogP) is 5.40. The molecule has 2 aliphatic carbocycles. The molecule has 1 spiro atoms. The van der Waals surface area contributed by atoms with Gasteiger partial charge in [-0.1, -0.05) is 78.9 Å². The first-order valence-corrected chi connectivity index (χ1v) is 9.05. The predicted molar refractivity (Wildman–Crippen MR) is 107 cm³/mol. The van der Waals surface area contributed by atoms with Crippen LogP contribution in [0.15, 0.2) is 103 Å². The van der Waals surface area contributed by atoms with Gasteiger partial charge >= 0.3 is 0 Å². The van der Waals surface area contributed by atoms with Gasteiger partial charge in [0.1, 0.15) is 0 Å². The van der Waals surface area contributed by atoms with E-state index in [1.807, 2.05) is 6.20 Å². The normalized spacial score (nSPS) is 17.4. The highest BCUT2D eigenvalue weighted by Gasteiger charge is 2.53. The fraction of sp³-hybridized carbons (Fsp3) is 0.0400. The molecule has 0 unspecified atom stereocenters. The summed E-state index contributed by atoms with van der Waals surface area (Å²) in [5.74, 6) is 0. The second kappa shape index (κ2) is 4.86. The molecule has 1 heterocycles. The van der Waals surface area contributed by atoms with E-state index < -0.39 is 0 Å². The Hall–Kier alpha value is -3.32. The van der Waals surface area contributed by atoms with Gasteiger partial charge in [0.15, 0.2) is 0 Å². The number of rotatable bonds is 0. The van der Waals surface area contributed by atoms with Crippen LogP contribution in [0, 0.1) is 0 Å². The van der Waals surface area contributed by atoms with Crippen LogP contribution in [-0.2, 0) is 5.41 Å². The summed E-state index contributed by atoms with van der Waals surface area (Å²) in [4.78, 5) is 0. The molecule has 1 heteroatoms. The monoisotopic (exact) mass is 331 g/mol. The Bertz CT molecular complexity index is 1110. The molecule has 0 atom stereocenters. The molecule has 1 N–H and O–H groups in total. The Morgan fingerprint density at radius 1 is 0.615 bits per heavy atom. The highest BCUT2D eigenvalue weighted by atomic mass is 14.8. The van der Waals surface area contributed by atoms with E-state index in [0.29, 0.717) is 0 Å². The third kappa shape index (κ3) is 1.48. The molecule has 0 saturated heterocycles. The van der Waals surface area contributed by atoms with E-state index in [2.05, 4.69) is 96.5 Å². The highest BCUT2D eigenvalue weighted by Crippen LogP contribution is 2.63. The van der Waals surface area contributed by atoms with Crippen LogP contribution in [0.25, 0.3) is 16.7 Å². The first-order chi connectivity index (χ1) is 12.9. The molecule has 3 aromatic carbocycles. The minimum Gasteiger partial charge on any atom is -0.367 e. The molecule has 0 bridgehead atoms. The topological polar surface area (TPSA) is 12.0 Å². The number of hydrogen-bond donors (Lipinski definition) is 1. The second-order valence-corrected chi connectivity index (χ2v) is 7.05. The summed E-state index contributed by atoms with van der Waals surface area (Å²) in [6, 6.07) is 26.6. The zero-order chi connectivity index (χ0) is 17.1. The van der Waals surface area contributed by atoms with Crippen molar-refractivity contribution >= 4 is 5.57 Å². The van der Waals surface area contributed by atoms with Crippen LogP contribution >= 0.6 is 0 Å². The lowest BCUT2D eigenvalue weighted by atomic mass is 9.70. The molecule has 0 radical (unpaired) electrons. The minimum absolute atomic E-state index is 0.241. The third-order valence-electron chi connectivity index (χ3n) is 5.95. The zero-order valence-corrected chi connectivity index (χ0v) is 14.2. The van der Waals surface area contributed by atoms with Crippen molar-refractivity contribution in [3.8, 4) is 11.1 Å². The quantitative estimate of drug-likeness (QED) is 0.581. The number of nitrogens with one attached hydrogen (secondary N) is 1. The Morgan fingerprint density at radius 3 is 1.81 bits per heavy atom. The molecule has 0 fully saturated rings. The maximum Gasteiger partial charge on any atom is 0.0739 e. The van der Waals surface area contributed by atoms with Gasteiger partial charge in [-0.3, -0.25) is 0 Å². The fourth-order valence-electron chi connectivity index (χ4n) is 5.05. The Kier molecular flexibility index (Phi) is 2.60. The SMILES string of the molecule is C1=CNC=C2C(=C1)c1ccccc1C21c2ccccc2-c2ccccc21. The maximum atomic E-state index is 3.37. The molecule has 26 heavy (non-hydrogen) atoms. The van der Waals surface area contributed by atoms with Crippen molar-refractivity contribution in [2.45, 2.75) is 5.41 Å². The Labute approximate surface area is 153 Å². The van der Waals surface area contributed by atoms with Gasteiger partial charge < -0.3 is 5.32 Å². The summed E-state index contributed by atoms with van der Waals surface area (Å²) >= 11 is 0. The standard InChI is InChI=1S/C25H17N/c1-4-12-21-17(8-1)18-9-2-5-13-22(18)25(21)23-14-6-3-10-19(23)20-11-7-15-26-16-24(20)25/h1-16,26H. The van der Waals surface area contributed by atoms with Gasteiger partial charge in [-0.15, -0.1) is 0 Å². The molecule has 0 saturated carbocycles. The lowest BCUT2D eigenvalue weighted by Crippen LogP contribution is -2.26. The molecule has 0 aromatic heterocycles. The van der Waals surface area contributed by atoms with Crippen molar-refractivity contribution in [2.75, 3.05) is 0 Å². The van der Waals surface area contributed by atoms with Gasteiger partial charge in [0.25, 0.3) is 0 Å². The van der Waals surface area contributed by atoms with Crippen LogP contribution in [0.1, 0.15) is 22.3 Å². The smallest absolute Gasteiger partial charge is 0.0739 e. The number of hydrogen-bond acceptors (Lipinski definition) is 1. The lowest BCUT2D eigenvalue weighted by molar-refractivity contribution is 0.787. The first kappa shape index (κ1) is 13.9. The summed E-state index contributed by atoms with van der Waals surface area (Å²) in [6.07, 6.45) is 8.53.